The molecule has 2 heterocycles. The first-order valence-electron chi connectivity index (χ1n) is 8.58. The number of imide groups is 1. The number of carbonyl (C=O) groups excluding carboxylic acids is 3. The fourth-order valence-corrected chi connectivity index (χ4v) is 3.10. The number of hydrogen-bond donors (Lipinski definition) is 2. The van der Waals surface area contributed by atoms with Crippen molar-refractivity contribution in [1.29, 1.82) is 0 Å². The summed E-state index contributed by atoms with van der Waals surface area (Å²) in [5.41, 5.74) is 0.923. The van der Waals surface area contributed by atoms with E-state index in [-0.39, 0.29) is 36.9 Å². The van der Waals surface area contributed by atoms with E-state index in [4.69, 9.17) is 0 Å². The molecule has 9 nitrogen and oxygen atoms in total. The van der Waals surface area contributed by atoms with Crippen molar-refractivity contribution in [3.05, 3.63) is 39.9 Å². The number of piperidine rings is 1. The molecule has 142 valence electrons. The molecule has 0 aliphatic carbocycles. The lowest BCUT2D eigenvalue weighted by molar-refractivity contribution is -0.135. The summed E-state index contributed by atoms with van der Waals surface area (Å²) < 4.78 is 1.34. The lowest BCUT2D eigenvalue weighted by Gasteiger charge is -2.24. The SMILES string of the molecule is Cc1nc2ccc(CNC(=O)N(C)C)cc2c(=O)n1[C@H]1CCC(=O)NC1=O. The smallest absolute Gasteiger partial charge is 0.317 e. The van der Waals surface area contributed by atoms with Gasteiger partial charge < -0.3 is 10.2 Å². The van der Waals surface area contributed by atoms with Crippen molar-refractivity contribution >= 4 is 28.7 Å². The van der Waals surface area contributed by atoms with Crippen molar-refractivity contribution in [2.45, 2.75) is 32.4 Å². The molecule has 0 bridgehead atoms. The first-order chi connectivity index (χ1) is 12.8. The maximum Gasteiger partial charge on any atom is 0.317 e. The van der Waals surface area contributed by atoms with Crippen molar-refractivity contribution in [3.63, 3.8) is 0 Å². The van der Waals surface area contributed by atoms with Crippen LogP contribution >= 0.6 is 0 Å². The van der Waals surface area contributed by atoms with Gasteiger partial charge in [0.15, 0.2) is 0 Å². The quantitative estimate of drug-likeness (QED) is 0.761. The maximum atomic E-state index is 13.0. The van der Waals surface area contributed by atoms with Gasteiger partial charge in [-0.25, -0.2) is 9.78 Å². The summed E-state index contributed by atoms with van der Waals surface area (Å²) in [5, 5.41) is 5.37. The van der Waals surface area contributed by atoms with Crippen LogP contribution in [0.3, 0.4) is 0 Å². The van der Waals surface area contributed by atoms with Gasteiger partial charge in [0, 0.05) is 27.1 Å². The van der Waals surface area contributed by atoms with Gasteiger partial charge in [-0.05, 0) is 31.0 Å². The first-order valence-corrected chi connectivity index (χ1v) is 8.58. The van der Waals surface area contributed by atoms with E-state index in [2.05, 4.69) is 15.6 Å². The van der Waals surface area contributed by atoms with Crippen LogP contribution in [-0.4, -0.2) is 46.4 Å². The molecule has 2 N–H and O–H groups in total. The summed E-state index contributed by atoms with van der Waals surface area (Å²) in [4.78, 5) is 54.1. The Hall–Kier alpha value is -3.23. The minimum atomic E-state index is -0.760. The predicted molar refractivity (Wildman–Crippen MR) is 98.1 cm³/mol. The van der Waals surface area contributed by atoms with Crippen LogP contribution in [0.4, 0.5) is 4.79 Å². The molecule has 1 atom stereocenters. The van der Waals surface area contributed by atoms with E-state index in [1.54, 1.807) is 39.2 Å². The number of hydrogen-bond acceptors (Lipinski definition) is 5. The summed E-state index contributed by atoms with van der Waals surface area (Å²) in [6, 6.07) is 4.18. The van der Waals surface area contributed by atoms with Gasteiger partial charge in [-0.2, -0.15) is 0 Å². The van der Waals surface area contributed by atoms with Crippen LogP contribution in [0.5, 0.6) is 0 Å². The standard InChI is InChI=1S/C18H21N5O4/c1-10-20-13-5-4-11(9-19-18(27)22(2)3)8-12(13)17(26)23(10)14-6-7-15(24)21-16(14)25/h4-5,8,14H,6-7,9H2,1-3H3,(H,19,27)(H,21,24,25)/t14-/m0/s1. The van der Waals surface area contributed by atoms with Crippen LogP contribution in [0.15, 0.2) is 23.0 Å². The van der Waals surface area contributed by atoms with Gasteiger partial charge in [-0.15, -0.1) is 0 Å². The highest BCUT2D eigenvalue weighted by atomic mass is 16.2. The Balaban J connectivity index is 1.99. The highest BCUT2D eigenvalue weighted by Crippen LogP contribution is 2.20. The summed E-state index contributed by atoms with van der Waals surface area (Å²) in [5.74, 6) is -0.419. The second-order valence-electron chi connectivity index (χ2n) is 6.71. The molecule has 0 spiro atoms. The van der Waals surface area contributed by atoms with E-state index in [0.717, 1.165) is 5.56 Å². The van der Waals surface area contributed by atoms with E-state index < -0.39 is 11.9 Å². The lowest BCUT2D eigenvalue weighted by atomic mass is 10.0. The van der Waals surface area contributed by atoms with E-state index >= 15 is 0 Å². The van der Waals surface area contributed by atoms with Gasteiger partial charge in [0.05, 0.1) is 10.9 Å². The molecule has 0 unspecified atom stereocenters. The Morgan fingerprint density at radius 1 is 1.33 bits per heavy atom. The molecule has 27 heavy (non-hydrogen) atoms. The van der Waals surface area contributed by atoms with Crippen LogP contribution in [0.25, 0.3) is 10.9 Å². The van der Waals surface area contributed by atoms with Gasteiger partial charge in [0.1, 0.15) is 11.9 Å². The number of urea groups is 1. The molecule has 9 heteroatoms. The zero-order valence-corrected chi connectivity index (χ0v) is 15.4. The zero-order chi connectivity index (χ0) is 19.7. The Morgan fingerprint density at radius 2 is 2.07 bits per heavy atom. The number of nitrogens with zero attached hydrogens (tertiary/aromatic N) is 3. The second-order valence-corrected chi connectivity index (χ2v) is 6.71. The fourth-order valence-electron chi connectivity index (χ4n) is 3.10. The van der Waals surface area contributed by atoms with Crippen molar-refractivity contribution in [3.8, 4) is 0 Å². The topological polar surface area (TPSA) is 113 Å². The van der Waals surface area contributed by atoms with Crippen LogP contribution in [-0.2, 0) is 16.1 Å². The van der Waals surface area contributed by atoms with Crippen LogP contribution in [0.2, 0.25) is 0 Å². The molecule has 4 amide bonds. The van der Waals surface area contributed by atoms with E-state index in [9.17, 15) is 19.2 Å². The Bertz CT molecular complexity index is 995. The number of aromatic nitrogens is 2. The summed E-state index contributed by atoms with van der Waals surface area (Å²) in [6.07, 6.45) is 0.439. The highest BCUT2D eigenvalue weighted by molar-refractivity contribution is 5.99. The predicted octanol–water partition coefficient (Wildman–Crippen LogP) is 0.454. The van der Waals surface area contributed by atoms with Crippen molar-refractivity contribution in [2.24, 2.45) is 0 Å². The molecule has 1 aromatic heterocycles. The largest absolute Gasteiger partial charge is 0.334 e. The number of fused-ring (bicyclic) bond motifs is 1. The van der Waals surface area contributed by atoms with Gasteiger partial charge in [0.25, 0.3) is 5.56 Å². The Morgan fingerprint density at radius 3 is 2.74 bits per heavy atom. The molecule has 0 saturated carbocycles. The van der Waals surface area contributed by atoms with Crippen molar-refractivity contribution < 1.29 is 14.4 Å². The first kappa shape index (κ1) is 18.6. The van der Waals surface area contributed by atoms with Gasteiger partial charge in [-0.3, -0.25) is 24.3 Å². The molecule has 1 fully saturated rings. The lowest BCUT2D eigenvalue weighted by Crippen LogP contribution is -2.45. The number of benzene rings is 1. The zero-order valence-electron chi connectivity index (χ0n) is 15.4. The fraction of sp³-hybridized carbons (Fsp3) is 0.389. The Labute approximate surface area is 155 Å². The van der Waals surface area contributed by atoms with Crippen molar-refractivity contribution in [2.75, 3.05) is 14.1 Å². The number of rotatable bonds is 3. The van der Waals surface area contributed by atoms with Gasteiger partial charge in [-0.1, -0.05) is 6.07 Å². The third-order valence-corrected chi connectivity index (χ3v) is 4.51. The summed E-state index contributed by atoms with van der Waals surface area (Å²) in [7, 11) is 3.28. The average molecular weight is 371 g/mol. The van der Waals surface area contributed by atoms with E-state index in [1.165, 1.54) is 9.47 Å². The average Bonchev–Trinajstić information content (AvgIpc) is 2.61. The Kier molecular flexibility index (Phi) is 4.93. The minimum Gasteiger partial charge on any atom is -0.334 e. The van der Waals surface area contributed by atoms with E-state index in [0.29, 0.717) is 16.7 Å². The molecule has 0 radical (unpaired) electrons. The molecular formula is C18H21N5O4. The number of nitrogens with one attached hydrogen (secondary N) is 2. The number of amides is 4. The molecular weight excluding hydrogens is 350 g/mol. The van der Waals surface area contributed by atoms with Gasteiger partial charge in [0.2, 0.25) is 11.8 Å². The molecule has 1 aromatic carbocycles. The summed E-state index contributed by atoms with van der Waals surface area (Å²) in [6.45, 7) is 1.93. The van der Waals surface area contributed by atoms with E-state index in [1.807, 2.05) is 0 Å². The molecule has 1 aliphatic heterocycles. The van der Waals surface area contributed by atoms with Gasteiger partial charge >= 0.3 is 6.03 Å². The normalized spacial score (nSPS) is 16.9. The highest BCUT2D eigenvalue weighted by Gasteiger charge is 2.30. The monoisotopic (exact) mass is 371 g/mol. The summed E-state index contributed by atoms with van der Waals surface area (Å²) >= 11 is 0. The number of carbonyl (C=O) groups is 3. The van der Waals surface area contributed by atoms with Crippen molar-refractivity contribution in [1.82, 2.24) is 25.1 Å². The third kappa shape index (κ3) is 3.67. The molecule has 1 aliphatic rings. The van der Waals surface area contributed by atoms with Crippen LogP contribution in [0, 0.1) is 6.92 Å². The number of aryl methyl sites for hydroxylation is 1. The van der Waals surface area contributed by atoms with Crippen LogP contribution < -0.4 is 16.2 Å². The third-order valence-electron chi connectivity index (χ3n) is 4.51. The second kappa shape index (κ2) is 7.18. The van der Waals surface area contributed by atoms with Crippen LogP contribution in [0.1, 0.15) is 30.3 Å². The molecule has 2 aromatic rings. The maximum absolute atomic E-state index is 13.0. The molecule has 3 rings (SSSR count). The minimum absolute atomic E-state index is 0.178. The molecule has 1 saturated heterocycles.